The van der Waals surface area contributed by atoms with E-state index in [1.807, 2.05) is 61.5 Å². The fraction of sp³-hybridized carbons (Fsp3) is 0.120. The number of ketones is 1. The van der Waals surface area contributed by atoms with Crippen LogP contribution < -0.4 is 9.80 Å². The quantitative estimate of drug-likeness (QED) is 0.357. The van der Waals surface area contributed by atoms with Crippen molar-refractivity contribution in [1.82, 2.24) is 0 Å². The lowest BCUT2D eigenvalue weighted by molar-refractivity contribution is -0.132. The Kier molecular flexibility index (Phi) is 5.53. The molecule has 1 heterocycles. The monoisotopic (exact) mass is 432 g/mol. The number of carbonyl (C=O) groups is 2. The second-order valence-electron chi connectivity index (χ2n) is 7.50. The molecular formula is C25H21ClN2O3. The molecule has 0 saturated carbocycles. The number of nitrogens with zero attached hydrogens (tertiary/aromatic N) is 2. The van der Waals surface area contributed by atoms with Crippen LogP contribution >= 0.6 is 11.6 Å². The van der Waals surface area contributed by atoms with Crippen LogP contribution in [0.15, 0.2) is 84.4 Å². The minimum atomic E-state index is -0.748. The molecule has 1 atom stereocenters. The van der Waals surface area contributed by atoms with E-state index in [1.54, 1.807) is 36.4 Å². The molecule has 0 bridgehead atoms. The Morgan fingerprint density at radius 1 is 0.903 bits per heavy atom. The number of aliphatic hydroxyl groups is 1. The van der Waals surface area contributed by atoms with Crippen molar-refractivity contribution in [3.05, 3.63) is 101 Å². The molecule has 1 aliphatic heterocycles. The number of halogens is 1. The fourth-order valence-corrected chi connectivity index (χ4v) is 3.85. The molecule has 1 N–H and O–H groups in total. The van der Waals surface area contributed by atoms with E-state index in [4.69, 9.17) is 11.6 Å². The van der Waals surface area contributed by atoms with E-state index < -0.39 is 17.7 Å². The lowest BCUT2D eigenvalue weighted by Crippen LogP contribution is -2.29. The Morgan fingerprint density at radius 3 is 2.10 bits per heavy atom. The molecule has 0 spiro atoms. The van der Waals surface area contributed by atoms with Gasteiger partial charge in [0.2, 0.25) is 0 Å². The van der Waals surface area contributed by atoms with Gasteiger partial charge in [-0.15, -0.1) is 0 Å². The van der Waals surface area contributed by atoms with Crippen LogP contribution in [-0.2, 0) is 9.59 Å². The Bertz CT molecular complexity index is 1150. The second kappa shape index (κ2) is 8.28. The van der Waals surface area contributed by atoms with E-state index in [2.05, 4.69) is 0 Å². The summed E-state index contributed by atoms with van der Waals surface area (Å²) in [4.78, 5) is 29.6. The number of hydrogen-bond acceptors (Lipinski definition) is 4. The van der Waals surface area contributed by atoms with E-state index >= 15 is 0 Å². The number of benzene rings is 3. The number of anilines is 2. The molecule has 31 heavy (non-hydrogen) atoms. The van der Waals surface area contributed by atoms with Crippen LogP contribution in [-0.4, -0.2) is 30.9 Å². The standard InChI is InChI=1S/C25H21ClN2O3/c1-27(2)19-12-14-20(15-13-19)28-22(16-6-4-3-5-7-16)21(24(30)25(28)31)23(29)17-8-10-18(26)11-9-17/h3-15,22,29H,1-2H3/b23-21+/t22-/m1/s1. The first-order valence-corrected chi connectivity index (χ1v) is 10.2. The molecule has 0 radical (unpaired) electrons. The van der Waals surface area contributed by atoms with Gasteiger partial charge in [-0.3, -0.25) is 14.5 Å². The van der Waals surface area contributed by atoms with Gasteiger partial charge in [0, 0.05) is 36.1 Å². The van der Waals surface area contributed by atoms with Crippen LogP contribution in [0.1, 0.15) is 17.2 Å². The van der Waals surface area contributed by atoms with E-state index in [9.17, 15) is 14.7 Å². The van der Waals surface area contributed by atoms with Crippen molar-refractivity contribution in [2.75, 3.05) is 23.9 Å². The lowest BCUT2D eigenvalue weighted by atomic mass is 9.95. The third-order valence-corrected chi connectivity index (χ3v) is 5.57. The van der Waals surface area contributed by atoms with Crippen LogP contribution in [0, 0.1) is 0 Å². The zero-order valence-corrected chi connectivity index (χ0v) is 17.9. The molecule has 6 heteroatoms. The summed E-state index contributed by atoms with van der Waals surface area (Å²) in [6.07, 6.45) is 0. The molecule has 3 aromatic carbocycles. The fourth-order valence-electron chi connectivity index (χ4n) is 3.72. The molecular weight excluding hydrogens is 412 g/mol. The summed E-state index contributed by atoms with van der Waals surface area (Å²) < 4.78 is 0. The number of hydrogen-bond donors (Lipinski definition) is 1. The van der Waals surface area contributed by atoms with Crippen molar-refractivity contribution >= 4 is 40.4 Å². The van der Waals surface area contributed by atoms with E-state index in [-0.39, 0.29) is 11.3 Å². The third kappa shape index (κ3) is 3.80. The summed E-state index contributed by atoms with van der Waals surface area (Å²) in [6, 6.07) is 22.4. The van der Waals surface area contributed by atoms with Gasteiger partial charge in [-0.1, -0.05) is 41.9 Å². The third-order valence-electron chi connectivity index (χ3n) is 5.32. The highest BCUT2D eigenvalue weighted by Crippen LogP contribution is 2.42. The summed E-state index contributed by atoms with van der Waals surface area (Å²) in [5, 5.41) is 11.6. The van der Waals surface area contributed by atoms with Gasteiger partial charge in [-0.25, -0.2) is 0 Å². The summed E-state index contributed by atoms with van der Waals surface area (Å²) >= 11 is 5.96. The summed E-state index contributed by atoms with van der Waals surface area (Å²) in [7, 11) is 3.86. The Hall–Kier alpha value is -3.57. The first-order chi connectivity index (χ1) is 14.9. The molecule has 4 rings (SSSR count). The van der Waals surface area contributed by atoms with Crippen LogP contribution in [0.25, 0.3) is 5.76 Å². The molecule has 1 amide bonds. The predicted molar refractivity (Wildman–Crippen MR) is 123 cm³/mol. The average molecular weight is 433 g/mol. The van der Waals surface area contributed by atoms with Gasteiger partial charge in [0.1, 0.15) is 5.76 Å². The van der Waals surface area contributed by atoms with Gasteiger partial charge in [0.15, 0.2) is 0 Å². The number of carbonyl (C=O) groups excluding carboxylic acids is 2. The van der Waals surface area contributed by atoms with Gasteiger partial charge in [-0.05, 0) is 54.1 Å². The molecule has 156 valence electrons. The summed E-state index contributed by atoms with van der Waals surface area (Å²) in [5.74, 6) is -1.63. The predicted octanol–water partition coefficient (Wildman–Crippen LogP) is 5.03. The largest absolute Gasteiger partial charge is 0.507 e. The Labute approximate surface area is 185 Å². The molecule has 0 aromatic heterocycles. The molecule has 0 unspecified atom stereocenters. The maximum atomic E-state index is 13.1. The molecule has 3 aromatic rings. The lowest BCUT2D eigenvalue weighted by Gasteiger charge is -2.26. The van der Waals surface area contributed by atoms with E-state index in [1.165, 1.54) is 4.90 Å². The van der Waals surface area contributed by atoms with Gasteiger partial charge in [0.25, 0.3) is 11.7 Å². The van der Waals surface area contributed by atoms with Gasteiger partial charge in [-0.2, -0.15) is 0 Å². The minimum absolute atomic E-state index is 0.0511. The maximum absolute atomic E-state index is 13.1. The first-order valence-electron chi connectivity index (χ1n) is 9.78. The van der Waals surface area contributed by atoms with Crippen LogP contribution in [0.3, 0.4) is 0 Å². The Morgan fingerprint density at radius 2 is 1.52 bits per heavy atom. The van der Waals surface area contributed by atoms with E-state index in [0.717, 1.165) is 11.3 Å². The molecule has 1 saturated heterocycles. The first kappa shape index (κ1) is 20.7. The summed E-state index contributed by atoms with van der Waals surface area (Å²) in [6.45, 7) is 0. The second-order valence-corrected chi connectivity index (χ2v) is 7.93. The van der Waals surface area contributed by atoms with Gasteiger partial charge in [0.05, 0.1) is 11.6 Å². The molecule has 0 aliphatic carbocycles. The van der Waals surface area contributed by atoms with Gasteiger partial charge >= 0.3 is 0 Å². The highest BCUT2D eigenvalue weighted by Gasteiger charge is 2.46. The number of rotatable bonds is 4. The van der Waals surface area contributed by atoms with Crippen molar-refractivity contribution in [1.29, 1.82) is 0 Å². The minimum Gasteiger partial charge on any atom is -0.507 e. The average Bonchev–Trinajstić information content (AvgIpc) is 3.05. The SMILES string of the molecule is CN(C)c1ccc(N2C(=O)C(=O)/C(=C(/O)c3ccc(Cl)cc3)[C@H]2c2ccccc2)cc1. The van der Waals surface area contributed by atoms with Crippen LogP contribution in [0.2, 0.25) is 5.02 Å². The molecule has 1 aliphatic rings. The summed E-state index contributed by atoms with van der Waals surface area (Å²) in [5.41, 5.74) is 2.75. The van der Waals surface area contributed by atoms with Crippen LogP contribution in [0.5, 0.6) is 0 Å². The number of aliphatic hydroxyl groups excluding tert-OH is 1. The zero-order valence-electron chi connectivity index (χ0n) is 17.1. The maximum Gasteiger partial charge on any atom is 0.300 e. The van der Waals surface area contributed by atoms with Gasteiger partial charge < -0.3 is 10.0 Å². The van der Waals surface area contributed by atoms with E-state index in [0.29, 0.717) is 16.3 Å². The van der Waals surface area contributed by atoms with Crippen molar-refractivity contribution in [3.8, 4) is 0 Å². The number of Topliss-reactive ketones (excluding diaryl/α,β-unsaturated/α-hetero) is 1. The van der Waals surface area contributed by atoms with Crippen LogP contribution in [0.4, 0.5) is 11.4 Å². The zero-order chi connectivity index (χ0) is 22.1. The Balaban J connectivity index is 1.89. The van der Waals surface area contributed by atoms with Crippen molar-refractivity contribution in [2.24, 2.45) is 0 Å². The molecule has 1 fully saturated rings. The number of amides is 1. The normalized spacial score (nSPS) is 17.8. The molecule has 5 nitrogen and oxygen atoms in total. The van der Waals surface area contributed by atoms with Crippen molar-refractivity contribution in [3.63, 3.8) is 0 Å². The van der Waals surface area contributed by atoms with Crippen molar-refractivity contribution < 1.29 is 14.7 Å². The van der Waals surface area contributed by atoms with Crippen molar-refractivity contribution in [2.45, 2.75) is 6.04 Å². The highest BCUT2D eigenvalue weighted by atomic mass is 35.5. The smallest absolute Gasteiger partial charge is 0.300 e. The topological polar surface area (TPSA) is 60.9 Å². The highest BCUT2D eigenvalue weighted by molar-refractivity contribution is 6.51.